The molecule has 16 heavy (non-hydrogen) atoms. The summed E-state index contributed by atoms with van der Waals surface area (Å²) in [7, 11) is 0. The number of rotatable bonds is 4. The molecule has 1 heterocycles. The van der Waals surface area contributed by atoms with Crippen molar-refractivity contribution in [2.45, 2.75) is 19.8 Å². The van der Waals surface area contributed by atoms with E-state index in [1.807, 2.05) is 24.3 Å². The monoisotopic (exact) mass is 214 g/mol. The predicted molar refractivity (Wildman–Crippen MR) is 62.6 cm³/mol. The first kappa shape index (κ1) is 10.7. The first-order chi connectivity index (χ1) is 7.81. The first-order valence-corrected chi connectivity index (χ1v) is 5.47. The fraction of sp³-hybridized carbons (Fsp3) is 0.214. The molecule has 0 fully saturated rings. The lowest BCUT2D eigenvalue weighted by molar-refractivity contribution is 0.103. The van der Waals surface area contributed by atoms with Gasteiger partial charge >= 0.3 is 0 Å². The van der Waals surface area contributed by atoms with Crippen LogP contribution in [-0.2, 0) is 6.42 Å². The molecule has 0 spiro atoms. The van der Waals surface area contributed by atoms with Crippen LogP contribution in [0, 0.1) is 0 Å². The molecule has 0 N–H and O–H groups in total. The van der Waals surface area contributed by atoms with Crippen LogP contribution in [0.5, 0.6) is 0 Å². The normalized spacial score (nSPS) is 10.3. The molecule has 2 nitrogen and oxygen atoms in total. The molecule has 0 aliphatic carbocycles. The molecule has 0 radical (unpaired) electrons. The van der Waals surface area contributed by atoms with E-state index < -0.39 is 0 Å². The Morgan fingerprint density at radius 3 is 2.44 bits per heavy atom. The minimum absolute atomic E-state index is 0.0109. The second kappa shape index (κ2) is 4.79. The van der Waals surface area contributed by atoms with Crippen LogP contribution >= 0.6 is 0 Å². The highest BCUT2D eigenvalue weighted by molar-refractivity contribution is 6.08. The van der Waals surface area contributed by atoms with E-state index >= 15 is 0 Å². The fourth-order valence-electron chi connectivity index (χ4n) is 1.67. The number of hydrogen-bond acceptors (Lipinski definition) is 2. The Kier molecular flexibility index (Phi) is 3.20. The third kappa shape index (κ3) is 2.22. The van der Waals surface area contributed by atoms with Gasteiger partial charge in [-0.15, -0.1) is 0 Å². The summed E-state index contributed by atoms with van der Waals surface area (Å²) in [5.74, 6) is 0.0109. The van der Waals surface area contributed by atoms with Gasteiger partial charge in [-0.3, -0.25) is 4.79 Å². The van der Waals surface area contributed by atoms with E-state index in [0.717, 1.165) is 12.8 Å². The zero-order valence-corrected chi connectivity index (χ0v) is 9.27. The van der Waals surface area contributed by atoms with E-state index in [1.165, 1.54) is 18.1 Å². The number of carbonyl (C=O) groups is 1. The average molecular weight is 214 g/mol. The van der Waals surface area contributed by atoms with Crippen LogP contribution in [-0.4, -0.2) is 5.78 Å². The van der Waals surface area contributed by atoms with E-state index in [4.69, 9.17) is 4.42 Å². The summed E-state index contributed by atoms with van der Waals surface area (Å²) >= 11 is 0. The predicted octanol–water partition coefficient (Wildman–Crippen LogP) is 3.46. The zero-order chi connectivity index (χ0) is 11.4. The molecule has 0 atom stereocenters. The summed E-state index contributed by atoms with van der Waals surface area (Å²) in [6, 6.07) is 9.45. The summed E-state index contributed by atoms with van der Waals surface area (Å²) in [6.07, 6.45) is 5.16. The van der Waals surface area contributed by atoms with Crippen LogP contribution < -0.4 is 0 Å². The maximum atomic E-state index is 11.9. The van der Waals surface area contributed by atoms with E-state index in [9.17, 15) is 4.79 Å². The van der Waals surface area contributed by atoms with Crippen molar-refractivity contribution >= 4 is 5.78 Å². The fourth-order valence-corrected chi connectivity index (χ4v) is 1.67. The third-order valence-electron chi connectivity index (χ3n) is 2.54. The molecule has 1 aromatic heterocycles. The third-order valence-corrected chi connectivity index (χ3v) is 2.54. The quantitative estimate of drug-likeness (QED) is 0.729. The van der Waals surface area contributed by atoms with E-state index in [-0.39, 0.29) is 5.78 Å². The molecule has 0 amide bonds. The van der Waals surface area contributed by atoms with E-state index in [2.05, 4.69) is 6.92 Å². The highest BCUT2D eigenvalue weighted by Gasteiger charge is 2.09. The first-order valence-electron chi connectivity index (χ1n) is 5.47. The van der Waals surface area contributed by atoms with Gasteiger partial charge in [0.15, 0.2) is 5.78 Å². The molecule has 0 aliphatic rings. The van der Waals surface area contributed by atoms with Gasteiger partial charge in [-0.25, -0.2) is 0 Å². The van der Waals surface area contributed by atoms with E-state index in [1.54, 1.807) is 6.07 Å². The molecule has 2 rings (SSSR count). The number of ketones is 1. The number of carbonyl (C=O) groups excluding carboxylic acids is 1. The second-order valence-electron chi connectivity index (χ2n) is 3.79. The van der Waals surface area contributed by atoms with Gasteiger partial charge in [0, 0.05) is 5.56 Å². The average Bonchev–Trinajstić information content (AvgIpc) is 2.83. The Morgan fingerprint density at radius 1 is 1.12 bits per heavy atom. The molecule has 82 valence electrons. The second-order valence-corrected chi connectivity index (χ2v) is 3.79. The highest BCUT2D eigenvalue weighted by Crippen LogP contribution is 2.12. The molecular weight excluding hydrogens is 200 g/mol. The summed E-state index contributed by atoms with van der Waals surface area (Å²) in [6.45, 7) is 2.14. The number of aryl methyl sites for hydroxylation is 1. The molecule has 0 aliphatic heterocycles. The Morgan fingerprint density at radius 2 is 1.88 bits per heavy atom. The number of furan rings is 1. The Balaban J connectivity index is 2.19. The largest absolute Gasteiger partial charge is 0.472 e. The molecule has 0 unspecified atom stereocenters. The summed E-state index contributed by atoms with van der Waals surface area (Å²) < 4.78 is 4.90. The van der Waals surface area contributed by atoms with Crippen LogP contribution in [0.1, 0.15) is 34.8 Å². The van der Waals surface area contributed by atoms with Crippen molar-refractivity contribution in [2.24, 2.45) is 0 Å². The Labute approximate surface area is 94.9 Å². The number of benzene rings is 1. The molecule has 1 aromatic carbocycles. The van der Waals surface area contributed by atoms with Crippen molar-refractivity contribution in [2.75, 3.05) is 0 Å². The summed E-state index contributed by atoms with van der Waals surface area (Å²) in [4.78, 5) is 11.9. The van der Waals surface area contributed by atoms with Crippen molar-refractivity contribution < 1.29 is 9.21 Å². The van der Waals surface area contributed by atoms with Gasteiger partial charge in [0.25, 0.3) is 0 Å². The van der Waals surface area contributed by atoms with E-state index in [0.29, 0.717) is 11.1 Å². The molecular formula is C14H14O2. The van der Waals surface area contributed by atoms with Crippen molar-refractivity contribution in [3.8, 4) is 0 Å². The minimum Gasteiger partial charge on any atom is -0.472 e. The van der Waals surface area contributed by atoms with Crippen molar-refractivity contribution in [3.63, 3.8) is 0 Å². The summed E-state index contributed by atoms with van der Waals surface area (Å²) in [5.41, 5.74) is 2.58. The standard InChI is InChI=1S/C14H14O2/c1-2-3-11-4-6-12(7-5-11)14(15)13-8-9-16-10-13/h4-10H,2-3H2,1H3. The van der Waals surface area contributed by atoms with Crippen LogP contribution in [0.4, 0.5) is 0 Å². The van der Waals surface area contributed by atoms with Gasteiger partial charge in [0.2, 0.25) is 0 Å². The van der Waals surface area contributed by atoms with Crippen LogP contribution in [0.25, 0.3) is 0 Å². The molecule has 0 saturated carbocycles. The highest BCUT2D eigenvalue weighted by atomic mass is 16.3. The van der Waals surface area contributed by atoms with Gasteiger partial charge in [0.1, 0.15) is 6.26 Å². The van der Waals surface area contributed by atoms with Gasteiger partial charge in [-0.1, -0.05) is 37.6 Å². The van der Waals surface area contributed by atoms with Crippen LogP contribution in [0.15, 0.2) is 47.3 Å². The minimum atomic E-state index is 0.0109. The lowest BCUT2D eigenvalue weighted by Gasteiger charge is -2.01. The van der Waals surface area contributed by atoms with Crippen molar-refractivity contribution in [3.05, 3.63) is 59.5 Å². The van der Waals surface area contributed by atoms with Crippen LogP contribution in [0.2, 0.25) is 0 Å². The SMILES string of the molecule is CCCc1ccc(C(=O)c2ccoc2)cc1. The van der Waals surface area contributed by atoms with Gasteiger partial charge in [-0.05, 0) is 18.1 Å². The van der Waals surface area contributed by atoms with Gasteiger partial charge < -0.3 is 4.42 Å². The smallest absolute Gasteiger partial charge is 0.196 e. The maximum Gasteiger partial charge on any atom is 0.196 e. The van der Waals surface area contributed by atoms with Gasteiger partial charge in [-0.2, -0.15) is 0 Å². The molecule has 2 heteroatoms. The number of hydrogen-bond donors (Lipinski definition) is 0. The topological polar surface area (TPSA) is 30.2 Å². The zero-order valence-electron chi connectivity index (χ0n) is 9.27. The Hall–Kier alpha value is -1.83. The molecule has 0 saturated heterocycles. The van der Waals surface area contributed by atoms with Crippen molar-refractivity contribution in [1.29, 1.82) is 0 Å². The molecule has 2 aromatic rings. The lowest BCUT2D eigenvalue weighted by Crippen LogP contribution is -1.99. The van der Waals surface area contributed by atoms with Gasteiger partial charge in [0.05, 0.1) is 11.8 Å². The van der Waals surface area contributed by atoms with Crippen LogP contribution in [0.3, 0.4) is 0 Å². The lowest BCUT2D eigenvalue weighted by atomic mass is 10.0. The molecule has 0 bridgehead atoms. The summed E-state index contributed by atoms with van der Waals surface area (Å²) in [5, 5.41) is 0. The Bertz CT molecular complexity index is 452. The van der Waals surface area contributed by atoms with Crippen molar-refractivity contribution in [1.82, 2.24) is 0 Å². The maximum absolute atomic E-state index is 11.9.